The van der Waals surface area contributed by atoms with Gasteiger partial charge in [0, 0.05) is 18.7 Å². The Morgan fingerprint density at radius 2 is 2.00 bits per heavy atom. The van der Waals surface area contributed by atoms with Gasteiger partial charge >= 0.3 is 0 Å². The van der Waals surface area contributed by atoms with Crippen LogP contribution in [0.1, 0.15) is 18.1 Å². The molecule has 0 saturated heterocycles. The van der Waals surface area contributed by atoms with E-state index in [4.69, 9.17) is 9.15 Å². The lowest BCUT2D eigenvalue weighted by atomic mass is 10.2. The average molecular weight is 275 g/mol. The van der Waals surface area contributed by atoms with Gasteiger partial charge in [-0.2, -0.15) is 0 Å². The van der Waals surface area contributed by atoms with Crippen LogP contribution < -0.4 is 10.1 Å². The van der Waals surface area contributed by atoms with Crippen molar-refractivity contribution in [2.24, 2.45) is 0 Å². The van der Waals surface area contributed by atoms with Crippen LogP contribution in [0.15, 0.2) is 47.3 Å². The number of nitrogens with one attached hydrogen (secondary N) is 1. The van der Waals surface area contributed by atoms with E-state index in [9.17, 15) is 5.11 Å². The van der Waals surface area contributed by atoms with Gasteiger partial charge in [-0.15, -0.1) is 0 Å². The zero-order valence-electron chi connectivity index (χ0n) is 11.7. The molecular weight excluding hydrogens is 254 g/mol. The van der Waals surface area contributed by atoms with E-state index in [0.717, 1.165) is 17.7 Å². The van der Waals surface area contributed by atoms with Gasteiger partial charge in [0.25, 0.3) is 0 Å². The Bertz CT molecular complexity index is 479. The molecule has 4 heteroatoms. The highest BCUT2D eigenvalue weighted by Gasteiger charge is 2.05. The van der Waals surface area contributed by atoms with Crippen molar-refractivity contribution in [2.45, 2.75) is 26.0 Å². The molecule has 1 aromatic carbocycles. The number of aryl methyl sites for hydroxylation is 1. The van der Waals surface area contributed by atoms with Crippen molar-refractivity contribution in [3.63, 3.8) is 0 Å². The zero-order valence-corrected chi connectivity index (χ0v) is 11.7. The van der Waals surface area contributed by atoms with Crippen LogP contribution in [0, 0.1) is 0 Å². The second kappa shape index (κ2) is 7.72. The minimum absolute atomic E-state index is 0.282. The molecule has 108 valence electrons. The van der Waals surface area contributed by atoms with Gasteiger partial charge in [0.1, 0.15) is 18.5 Å². The van der Waals surface area contributed by atoms with Crippen LogP contribution in [0.2, 0.25) is 0 Å². The van der Waals surface area contributed by atoms with Gasteiger partial charge in [-0.1, -0.05) is 19.1 Å². The molecule has 0 aliphatic rings. The summed E-state index contributed by atoms with van der Waals surface area (Å²) < 4.78 is 10.5. The lowest BCUT2D eigenvalue weighted by molar-refractivity contribution is 0.106. The van der Waals surface area contributed by atoms with Crippen LogP contribution >= 0.6 is 0 Å². The van der Waals surface area contributed by atoms with Crippen molar-refractivity contribution in [1.29, 1.82) is 0 Å². The standard InChI is InChI=1S/C16H21NO3/c1-2-13-3-5-16(6-4-13)20-12-15(18)10-17-9-14-7-8-19-11-14/h3-8,11,15,17-18H,2,9-10,12H2,1H3. The van der Waals surface area contributed by atoms with E-state index >= 15 is 0 Å². The highest BCUT2D eigenvalue weighted by atomic mass is 16.5. The summed E-state index contributed by atoms with van der Waals surface area (Å²) in [5.41, 5.74) is 2.34. The highest BCUT2D eigenvalue weighted by Crippen LogP contribution is 2.12. The fourth-order valence-electron chi connectivity index (χ4n) is 1.85. The third-order valence-electron chi connectivity index (χ3n) is 3.06. The summed E-state index contributed by atoms with van der Waals surface area (Å²) in [6.07, 6.45) is 3.80. The van der Waals surface area contributed by atoms with E-state index in [1.807, 2.05) is 30.3 Å². The maximum absolute atomic E-state index is 9.83. The molecule has 1 aromatic heterocycles. The van der Waals surface area contributed by atoms with Gasteiger partial charge in [0.05, 0.1) is 12.5 Å². The molecule has 2 N–H and O–H groups in total. The molecule has 0 aliphatic carbocycles. The molecule has 1 atom stereocenters. The molecule has 20 heavy (non-hydrogen) atoms. The summed E-state index contributed by atoms with van der Waals surface area (Å²) in [5, 5.41) is 13.0. The van der Waals surface area contributed by atoms with Gasteiger partial charge in [0.2, 0.25) is 0 Å². The topological polar surface area (TPSA) is 54.6 Å². The number of hydrogen-bond acceptors (Lipinski definition) is 4. The molecule has 0 saturated carbocycles. The molecule has 0 fully saturated rings. The van der Waals surface area contributed by atoms with Gasteiger partial charge in [-0.3, -0.25) is 0 Å². The number of benzene rings is 1. The Labute approximate surface area is 119 Å². The van der Waals surface area contributed by atoms with Crippen LogP contribution in [-0.2, 0) is 13.0 Å². The van der Waals surface area contributed by atoms with Crippen molar-refractivity contribution < 1.29 is 14.3 Å². The summed E-state index contributed by atoms with van der Waals surface area (Å²) in [6, 6.07) is 9.85. The average Bonchev–Trinajstić information content (AvgIpc) is 2.99. The summed E-state index contributed by atoms with van der Waals surface area (Å²) in [5.74, 6) is 0.788. The second-order valence-electron chi connectivity index (χ2n) is 4.72. The van der Waals surface area contributed by atoms with Crippen LogP contribution in [0.5, 0.6) is 5.75 Å². The quantitative estimate of drug-likeness (QED) is 0.776. The van der Waals surface area contributed by atoms with Crippen molar-refractivity contribution in [3.05, 3.63) is 54.0 Å². The second-order valence-corrected chi connectivity index (χ2v) is 4.72. The monoisotopic (exact) mass is 275 g/mol. The smallest absolute Gasteiger partial charge is 0.119 e. The number of rotatable bonds is 8. The van der Waals surface area contributed by atoms with E-state index in [1.165, 1.54) is 5.56 Å². The minimum Gasteiger partial charge on any atom is -0.491 e. The number of hydrogen-bond donors (Lipinski definition) is 2. The Balaban J connectivity index is 1.65. The van der Waals surface area contributed by atoms with E-state index in [2.05, 4.69) is 12.2 Å². The summed E-state index contributed by atoms with van der Waals surface area (Å²) >= 11 is 0. The Morgan fingerprint density at radius 1 is 1.20 bits per heavy atom. The molecule has 2 aromatic rings. The minimum atomic E-state index is -0.534. The van der Waals surface area contributed by atoms with Crippen LogP contribution in [0.3, 0.4) is 0 Å². The predicted molar refractivity (Wildman–Crippen MR) is 77.7 cm³/mol. The molecule has 0 amide bonds. The van der Waals surface area contributed by atoms with E-state index in [1.54, 1.807) is 12.5 Å². The molecule has 1 heterocycles. The first-order chi connectivity index (χ1) is 9.78. The Hall–Kier alpha value is -1.78. The number of furan rings is 1. The zero-order chi connectivity index (χ0) is 14.2. The Morgan fingerprint density at radius 3 is 2.65 bits per heavy atom. The van der Waals surface area contributed by atoms with Gasteiger partial charge in [-0.25, -0.2) is 0 Å². The number of ether oxygens (including phenoxy) is 1. The lowest BCUT2D eigenvalue weighted by Crippen LogP contribution is -2.31. The molecule has 2 rings (SSSR count). The fourth-order valence-corrected chi connectivity index (χ4v) is 1.85. The first kappa shape index (κ1) is 14.6. The van der Waals surface area contributed by atoms with Crippen molar-refractivity contribution in [2.75, 3.05) is 13.2 Å². The third-order valence-corrected chi connectivity index (χ3v) is 3.06. The van der Waals surface area contributed by atoms with E-state index < -0.39 is 6.10 Å². The van der Waals surface area contributed by atoms with Crippen LogP contribution in [0.4, 0.5) is 0 Å². The summed E-state index contributed by atoms with van der Waals surface area (Å²) in [4.78, 5) is 0. The van der Waals surface area contributed by atoms with Gasteiger partial charge in [0.15, 0.2) is 0 Å². The first-order valence-corrected chi connectivity index (χ1v) is 6.89. The molecule has 0 aliphatic heterocycles. The normalized spacial score (nSPS) is 12.3. The highest BCUT2D eigenvalue weighted by molar-refractivity contribution is 5.27. The summed E-state index contributed by atoms with van der Waals surface area (Å²) in [6.45, 7) is 3.56. The maximum Gasteiger partial charge on any atom is 0.119 e. The first-order valence-electron chi connectivity index (χ1n) is 6.89. The SMILES string of the molecule is CCc1ccc(OCC(O)CNCc2ccoc2)cc1. The van der Waals surface area contributed by atoms with Crippen molar-refractivity contribution in [3.8, 4) is 5.75 Å². The number of aliphatic hydroxyl groups excluding tert-OH is 1. The van der Waals surface area contributed by atoms with Crippen molar-refractivity contribution >= 4 is 0 Å². The van der Waals surface area contributed by atoms with E-state index in [0.29, 0.717) is 13.1 Å². The lowest BCUT2D eigenvalue weighted by Gasteiger charge is -2.13. The predicted octanol–water partition coefficient (Wildman–Crippen LogP) is 2.37. The Kier molecular flexibility index (Phi) is 5.65. The molecular formula is C16H21NO3. The van der Waals surface area contributed by atoms with Crippen molar-refractivity contribution in [1.82, 2.24) is 5.32 Å². The molecule has 0 radical (unpaired) electrons. The number of aliphatic hydroxyl groups is 1. The third kappa shape index (κ3) is 4.72. The molecule has 4 nitrogen and oxygen atoms in total. The van der Waals surface area contributed by atoms with Crippen LogP contribution in [0.25, 0.3) is 0 Å². The maximum atomic E-state index is 9.83. The molecule has 1 unspecified atom stereocenters. The largest absolute Gasteiger partial charge is 0.491 e. The fraction of sp³-hybridized carbons (Fsp3) is 0.375. The van der Waals surface area contributed by atoms with Gasteiger partial charge in [-0.05, 0) is 30.2 Å². The molecule has 0 bridgehead atoms. The van der Waals surface area contributed by atoms with Gasteiger partial charge < -0.3 is 19.6 Å². The molecule has 0 spiro atoms. The summed E-state index contributed by atoms with van der Waals surface area (Å²) in [7, 11) is 0. The van der Waals surface area contributed by atoms with E-state index in [-0.39, 0.29) is 6.61 Å². The van der Waals surface area contributed by atoms with Crippen LogP contribution in [-0.4, -0.2) is 24.4 Å².